The number of quaternary nitrogens is 1. The highest BCUT2D eigenvalue weighted by Crippen LogP contribution is 2.38. The lowest BCUT2D eigenvalue weighted by Gasteiger charge is -2.16. The van der Waals surface area contributed by atoms with Gasteiger partial charge >= 0.3 is 0 Å². The van der Waals surface area contributed by atoms with Gasteiger partial charge in [0.2, 0.25) is 5.75 Å². The van der Waals surface area contributed by atoms with E-state index < -0.39 is 0 Å². The van der Waals surface area contributed by atoms with Gasteiger partial charge in [-0.1, -0.05) is 87.4 Å². The summed E-state index contributed by atoms with van der Waals surface area (Å²) in [5, 5.41) is 12.9. The first kappa shape index (κ1) is 49.5. The van der Waals surface area contributed by atoms with Crippen LogP contribution in [0.1, 0.15) is 80.9 Å². The number of methoxy groups -OCH3 is 2. The van der Waals surface area contributed by atoms with Crippen molar-refractivity contribution < 1.29 is 57.8 Å². The van der Waals surface area contributed by atoms with E-state index in [9.17, 15) is 5.11 Å². The van der Waals surface area contributed by atoms with Gasteiger partial charge in [0.15, 0.2) is 23.0 Å². The molecule has 0 radical (unpaired) electrons. The standard InChI is InChI=1S/C51H70NO11/c1-54-49-36-43(37-50(55-2)51(49)62-26-12-8-5-9-23-53)39-52-38-41-13-16-44(17-14-41)45-18-20-46(21-19-45)63-40-42-15-22-47-48(35-42)61-34-32-59-30-28-57-25-11-7-4-3-6-10-24-56-27-29-58-31-33-60-47/h13-22,35-37,52H,3-12,23-34,38-40H2,1-2H3/q-1/p+1. The van der Waals surface area contributed by atoms with E-state index in [-0.39, 0.29) is 6.61 Å². The van der Waals surface area contributed by atoms with Crippen LogP contribution >= 0.6 is 0 Å². The van der Waals surface area contributed by atoms with Crippen molar-refractivity contribution in [2.45, 2.75) is 83.9 Å². The molecular weight excluding hydrogens is 803 g/mol. The van der Waals surface area contributed by atoms with Crippen molar-refractivity contribution >= 4 is 0 Å². The summed E-state index contributed by atoms with van der Waals surface area (Å²) in [6, 6.07) is 26.8. The fraction of sp³-hybridized carbons (Fsp3) is 0.529. The van der Waals surface area contributed by atoms with Gasteiger partial charge in [-0.3, -0.25) is 0 Å². The molecule has 346 valence electrons. The molecular formula is C51H71NO11. The summed E-state index contributed by atoms with van der Waals surface area (Å²) >= 11 is 0. The topological polar surface area (TPSA) is 132 Å². The summed E-state index contributed by atoms with van der Waals surface area (Å²) in [6.45, 7) is 8.00. The Bertz CT molecular complexity index is 1780. The molecule has 0 atom stereocenters. The summed E-state index contributed by atoms with van der Waals surface area (Å²) in [5.41, 5.74) is 5.53. The molecule has 1 aliphatic rings. The van der Waals surface area contributed by atoms with E-state index in [1.807, 2.05) is 42.5 Å². The Kier molecular flexibility index (Phi) is 24.0. The highest BCUT2D eigenvalue weighted by molar-refractivity contribution is 5.64. The highest BCUT2D eigenvalue weighted by Gasteiger charge is 2.15. The van der Waals surface area contributed by atoms with Crippen molar-refractivity contribution in [2.75, 3.05) is 93.5 Å². The quantitative estimate of drug-likeness (QED) is 0.105. The van der Waals surface area contributed by atoms with Crippen LogP contribution in [0.2, 0.25) is 0 Å². The third-order valence-electron chi connectivity index (χ3n) is 10.7. The SMILES string of the molecule is COc1cc(C[NH2+]Cc2ccc(-c3ccc(OCc4ccc5c(c4)OCCOCCOCCCCCCCCOCCOCCO5)cc3)cc2)cc(OC)c1OCCCCCC[O-]. The molecule has 4 aromatic carbocycles. The number of fused-ring (bicyclic) bond motifs is 1. The summed E-state index contributed by atoms with van der Waals surface area (Å²) in [6.07, 6.45) is 10.5. The minimum Gasteiger partial charge on any atom is -0.854 e. The van der Waals surface area contributed by atoms with Crippen LogP contribution in [0.5, 0.6) is 34.5 Å². The third-order valence-corrected chi connectivity index (χ3v) is 10.7. The van der Waals surface area contributed by atoms with Crippen LogP contribution < -0.4 is 38.8 Å². The molecule has 1 heterocycles. The van der Waals surface area contributed by atoms with Crippen LogP contribution in [0, 0.1) is 0 Å². The first-order chi connectivity index (χ1) is 31.2. The molecule has 4 aromatic rings. The molecule has 0 spiro atoms. The molecule has 2 N–H and O–H groups in total. The predicted octanol–water partition coefficient (Wildman–Crippen LogP) is 7.69. The number of nitrogens with two attached hydrogens (primary N) is 1. The van der Waals surface area contributed by atoms with Crippen LogP contribution in [-0.2, 0) is 38.6 Å². The van der Waals surface area contributed by atoms with Crippen molar-refractivity contribution in [3.8, 4) is 45.6 Å². The Morgan fingerprint density at radius 3 is 1.63 bits per heavy atom. The monoisotopic (exact) mass is 874 g/mol. The lowest BCUT2D eigenvalue weighted by molar-refractivity contribution is -0.686. The van der Waals surface area contributed by atoms with Gasteiger partial charge in [0.05, 0.1) is 60.5 Å². The number of benzene rings is 4. The fourth-order valence-electron chi connectivity index (χ4n) is 7.13. The summed E-state index contributed by atoms with van der Waals surface area (Å²) in [7, 11) is 3.29. The lowest BCUT2D eigenvalue weighted by atomic mass is 10.0. The normalized spacial score (nSPS) is 15.5. The van der Waals surface area contributed by atoms with Crippen LogP contribution in [0.15, 0.2) is 78.9 Å². The summed E-state index contributed by atoms with van der Waals surface area (Å²) in [5.74, 6) is 4.01. The number of rotatable bonds is 17. The van der Waals surface area contributed by atoms with Gasteiger partial charge < -0.3 is 57.8 Å². The maximum atomic E-state index is 10.7. The fourth-order valence-corrected chi connectivity index (χ4v) is 7.13. The van der Waals surface area contributed by atoms with Crippen molar-refractivity contribution in [2.24, 2.45) is 0 Å². The zero-order valence-corrected chi connectivity index (χ0v) is 37.8. The second-order valence-electron chi connectivity index (χ2n) is 15.6. The van der Waals surface area contributed by atoms with Crippen LogP contribution in [-0.4, -0.2) is 93.5 Å². The Hall–Kier alpha value is -4.56. The average molecular weight is 874 g/mol. The second kappa shape index (κ2) is 30.5. The molecule has 0 unspecified atom stereocenters. The molecule has 12 heteroatoms. The van der Waals surface area contributed by atoms with E-state index in [0.29, 0.717) is 101 Å². The largest absolute Gasteiger partial charge is 0.854 e. The van der Waals surface area contributed by atoms with Crippen molar-refractivity contribution in [1.29, 1.82) is 0 Å². The van der Waals surface area contributed by atoms with Gasteiger partial charge in [0.25, 0.3) is 0 Å². The molecule has 0 saturated heterocycles. The van der Waals surface area contributed by atoms with E-state index in [0.717, 1.165) is 86.4 Å². The molecule has 12 nitrogen and oxygen atoms in total. The van der Waals surface area contributed by atoms with Gasteiger partial charge in [-0.05, 0) is 72.4 Å². The maximum Gasteiger partial charge on any atom is 0.203 e. The van der Waals surface area contributed by atoms with Crippen molar-refractivity contribution in [3.05, 3.63) is 95.6 Å². The lowest BCUT2D eigenvalue weighted by Crippen LogP contribution is -2.80. The molecule has 0 aliphatic carbocycles. The third kappa shape index (κ3) is 19.0. The minimum absolute atomic E-state index is 0.0183. The Labute approximate surface area is 375 Å². The van der Waals surface area contributed by atoms with Crippen LogP contribution in [0.3, 0.4) is 0 Å². The molecule has 0 saturated carbocycles. The number of unbranched alkanes of at least 4 members (excludes halogenated alkanes) is 3. The van der Waals surface area contributed by atoms with Gasteiger partial charge in [0.1, 0.15) is 38.7 Å². The van der Waals surface area contributed by atoms with Gasteiger partial charge in [-0.25, -0.2) is 0 Å². The molecule has 0 fully saturated rings. The summed E-state index contributed by atoms with van der Waals surface area (Å²) < 4.78 is 58.8. The van der Waals surface area contributed by atoms with Gasteiger partial charge in [-0.2, -0.15) is 0 Å². The first-order valence-corrected chi connectivity index (χ1v) is 23.0. The minimum atomic E-state index is -0.0183. The molecule has 0 amide bonds. The Morgan fingerprint density at radius 2 is 1.02 bits per heavy atom. The van der Waals surface area contributed by atoms with Crippen molar-refractivity contribution in [3.63, 3.8) is 0 Å². The van der Waals surface area contributed by atoms with E-state index in [2.05, 4.69) is 41.7 Å². The zero-order chi connectivity index (χ0) is 44.0. The van der Waals surface area contributed by atoms with E-state index in [1.54, 1.807) is 14.2 Å². The van der Waals surface area contributed by atoms with Gasteiger partial charge in [-0.15, -0.1) is 6.61 Å². The predicted molar refractivity (Wildman–Crippen MR) is 242 cm³/mol. The van der Waals surface area contributed by atoms with Gasteiger partial charge in [0, 0.05) is 24.3 Å². The van der Waals surface area contributed by atoms with Crippen LogP contribution in [0.25, 0.3) is 11.1 Å². The molecule has 0 bridgehead atoms. The van der Waals surface area contributed by atoms with Crippen LogP contribution in [0.4, 0.5) is 0 Å². The van der Waals surface area contributed by atoms with E-state index >= 15 is 0 Å². The molecule has 63 heavy (non-hydrogen) atoms. The first-order valence-electron chi connectivity index (χ1n) is 23.0. The highest BCUT2D eigenvalue weighted by atomic mass is 16.6. The maximum absolute atomic E-state index is 10.7. The van der Waals surface area contributed by atoms with E-state index in [1.165, 1.54) is 31.2 Å². The Balaban J connectivity index is 1.07. The van der Waals surface area contributed by atoms with Crippen molar-refractivity contribution in [1.82, 2.24) is 0 Å². The summed E-state index contributed by atoms with van der Waals surface area (Å²) in [4.78, 5) is 0. The smallest absolute Gasteiger partial charge is 0.203 e. The second-order valence-corrected chi connectivity index (χ2v) is 15.6. The van der Waals surface area contributed by atoms with E-state index in [4.69, 9.17) is 47.4 Å². The number of hydrogen-bond donors (Lipinski definition) is 1. The number of hydrogen-bond acceptors (Lipinski definition) is 11. The molecule has 5 rings (SSSR count). The Morgan fingerprint density at radius 1 is 0.492 bits per heavy atom. The zero-order valence-electron chi connectivity index (χ0n) is 37.8. The number of ether oxygens (including phenoxy) is 10. The molecule has 1 aliphatic heterocycles. The molecule has 0 aromatic heterocycles. The average Bonchev–Trinajstić information content (AvgIpc) is 3.31.